The number of fused-ring (bicyclic) bond motifs is 1. The highest BCUT2D eigenvalue weighted by molar-refractivity contribution is 5.66. The summed E-state index contributed by atoms with van der Waals surface area (Å²) in [4.78, 5) is 10.9. The molecule has 0 aromatic heterocycles. The Kier molecular flexibility index (Phi) is 5.09. The lowest BCUT2D eigenvalue weighted by Crippen LogP contribution is -2.49. The van der Waals surface area contributed by atoms with Crippen LogP contribution in [0.25, 0.3) is 0 Å². The quantitative estimate of drug-likeness (QED) is 0.664. The third kappa shape index (κ3) is 3.12. The van der Waals surface area contributed by atoms with Gasteiger partial charge in [0.25, 0.3) is 0 Å². The third-order valence-electron chi connectivity index (χ3n) is 7.29. The van der Waals surface area contributed by atoms with E-state index in [0.717, 1.165) is 18.3 Å². The van der Waals surface area contributed by atoms with Crippen LogP contribution in [0.2, 0.25) is 0 Å². The molecule has 0 radical (unpaired) electrons. The van der Waals surface area contributed by atoms with E-state index in [1.807, 2.05) is 0 Å². The first-order valence-electron chi connectivity index (χ1n) is 9.09. The molecule has 1 fully saturated rings. The van der Waals surface area contributed by atoms with Crippen LogP contribution in [0, 0.1) is 28.6 Å². The van der Waals surface area contributed by atoms with Crippen LogP contribution in [0.1, 0.15) is 79.6 Å². The zero-order valence-electron chi connectivity index (χ0n) is 15.1. The molecule has 0 bridgehead atoms. The Morgan fingerprint density at radius 2 is 2.09 bits per heavy atom. The van der Waals surface area contributed by atoms with Crippen molar-refractivity contribution in [3.8, 4) is 0 Å². The molecule has 0 heterocycles. The van der Waals surface area contributed by atoms with Crippen molar-refractivity contribution in [2.24, 2.45) is 28.6 Å². The summed E-state index contributed by atoms with van der Waals surface area (Å²) in [6.45, 7) is 11.8. The van der Waals surface area contributed by atoms with E-state index in [2.05, 4.69) is 40.7 Å². The van der Waals surface area contributed by atoms with Crippen LogP contribution in [0.5, 0.6) is 0 Å². The maximum Gasteiger partial charge on any atom is 0.303 e. The third-order valence-corrected chi connectivity index (χ3v) is 7.29. The van der Waals surface area contributed by atoms with Crippen LogP contribution in [0.15, 0.2) is 11.6 Å². The summed E-state index contributed by atoms with van der Waals surface area (Å²) in [7, 11) is 0. The van der Waals surface area contributed by atoms with E-state index in [4.69, 9.17) is 5.11 Å². The van der Waals surface area contributed by atoms with Crippen molar-refractivity contribution in [2.75, 3.05) is 0 Å². The first-order chi connectivity index (χ1) is 10.2. The van der Waals surface area contributed by atoms with Crippen LogP contribution in [-0.4, -0.2) is 11.1 Å². The van der Waals surface area contributed by atoms with E-state index in [9.17, 15) is 4.79 Å². The summed E-state index contributed by atoms with van der Waals surface area (Å²) in [6.07, 6.45) is 10.1. The maximum atomic E-state index is 10.9. The fourth-order valence-electron chi connectivity index (χ4n) is 5.29. The van der Waals surface area contributed by atoms with Crippen molar-refractivity contribution in [3.05, 3.63) is 11.6 Å². The van der Waals surface area contributed by atoms with E-state index in [-0.39, 0.29) is 5.92 Å². The van der Waals surface area contributed by atoms with E-state index in [0.29, 0.717) is 17.3 Å². The molecule has 2 aliphatic rings. The summed E-state index contributed by atoms with van der Waals surface area (Å²) < 4.78 is 0. The minimum Gasteiger partial charge on any atom is -0.481 e. The fraction of sp³-hybridized carbons (Fsp3) is 0.850. The van der Waals surface area contributed by atoms with Crippen molar-refractivity contribution in [2.45, 2.75) is 79.6 Å². The zero-order valence-corrected chi connectivity index (χ0v) is 15.1. The van der Waals surface area contributed by atoms with Gasteiger partial charge in [0.1, 0.15) is 0 Å². The number of aliphatic carboxylic acids is 1. The van der Waals surface area contributed by atoms with Gasteiger partial charge in [0.15, 0.2) is 0 Å². The molecule has 126 valence electrons. The van der Waals surface area contributed by atoms with Gasteiger partial charge in [0.2, 0.25) is 0 Å². The van der Waals surface area contributed by atoms with Crippen LogP contribution >= 0.6 is 0 Å². The van der Waals surface area contributed by atoms with E-state index < -0.39 is 5.97 Å². The van der Waals surface area contributed by atoms with Gasteiger partial charge in [-0.3, -0.25) is 4.79 Å². The van der Waals surface area contributed by atoms with E-state index in [1.165, 1.54) is 32.1 Å². The largest absolute Gasteiger partial charge is 0.481 e. The lowest BCUT2D eigenvalue weighted by Gasteiger charge is -2.58. The van der Waals surface area contributed by atoms with E-state index in [1.54, 1.807) is 5.57 Å². The molecule has 2 rings (SSSR count). The lowest BCUT2D eigenvalue weighted by atomic mass is 9.47. The van der Waals surface area contributed by atoms with Gasteiger partial charge in [-0.15, -0.1) is 0 Å². The van der Waals surface area contributed by atoms with Crippen LogP contribution in [0.4, 0.5) is 0 Å². The second kappa shape index (κ2) is 6.37. The molecule has 0 aromatic rings. The summed E-state index contributed by atoms with van der Waals surface area (Å²) in [5.41, 5.74) is 2.32. The number of carboxylic acid groups (broad SMARTS) is 1. The second-order valence-electron chi connectivity index (χ2n) is 8.62. The van der Waals surface area contributed by atoms with Gasteiger partial charge in [-0.05, 0) is 74.0 Å². The highest BCUT2D eigenvalue weighted by atomic mass is 16.4. The Bertz CT molecular complexity index is 453. The molecule has 0 unspecified atom stereocenters. The van der Waals surface area contributed by atoms with Crippen molar-refractivity contribution < 1.29 is 9.90 Å². The normalized spacial score (nSPS) is 39.8. The Hall–Kier alpha value is -0.790. The zero-order chi connectivity index (χ0) is 16.5. The fourth-order valence-corrected chi connectivity index (χ4v) is 5.29. The molecule has 22 heavy (non-hydrogen) atoms. The van der Waals surface area contributed by atoms with Crippen LogP contribution in [-0.2, 0) is 4.79 Å². The van der Waals surface area contributed by atoms with Gasteiger partial charge < -0.3 is 5.11 Å². The van der Waals surface area contributed by atoms with Crippen LogP contribution < -0.4 is 0 Å². The monoisotopic (exact) mass is 306 g/mol. The predicted molar refractivity (Wildman–Crippen MR) is 91.7 cm³/mol. The molecule has 1 N–H and O–H groups in total. The molecule has 0 aliphatic heterocycles. The summed E-state index contributed by atoms with van der Waals surface area (Å²) in [5, 5.41) is 8.99. The SMILES string of the molecule is CC1=CCC[C@@H]2[C@@](C)(CC[C@H](C)CC(=O)O)[C@H](C)CC[C@@]12C. The van der Waals surface area contributed by atoms with Gasteiger partial charge in [0, 0.05) is 6.42 Å². The predicted octanol–water partition coefficient (Wildman–Crippen LogP) is 5.68. The molecule has 5 atom stereocenters. The highest BCUT2D eigenvalue weighted by Gasteiger charge is 2.52. The maximum absolute atomic E-state index is 10.9. The van der Waals surface area contributed by atoms with Gasteiger partial charge in [-0.2, -0.15) is 0 Å². The molecule has 1 saturated carbocycles. The summed E-state index contributed by atoms with van der Waals surface area (Å²) in [5.74, 6) is 1.13. The smallest absolute Gasteiger partial charge is 0.303 e. The van der Waals surface area contributed by atoms with Gasteiger partial charge in [-0.25, -0.2) is 0 Å². The Morgan fingerprint density at radius 1 is 1.41 bits per heavy atom. The number of allylic oxidation sites excluding steroid dienone is 2. The van der Waals surface area contributed by atoms with E-state index >= 15 is 0 Å². The minimum absolute atomic E-state index is 0.287. The summed E-state index contributed by atoms with van der Waals surface area (Å²) >= 11 is 0. The standard InChI is InChI=1S/C20H34O2/c1-14(13-18(21)22)9-11-19(4)16(3)10-12-20(5)15(2)7-6-8-17(19)20/h7,14,16-17H,6,8-13H2,1-5H3,(H,21,22)/t14-,16+,17+,19-,20-/m0/s1. The Morgan fingerprint density at radius 3 is 2.73 bits per heavy atom. The Balaban J connectivity index is 2.15. The van der Waals surface area contributed by atoms with Gasteiger partial charge >= 0.3 is 5.97 Å². The first-order valence-corrected chi connectivity index (χ1v) is 9.09. The van der Waals surface area contributed by atoms with Gasteiger partial charge in [0.05, 0.1) is 0 Å². The average Bonchev–Trinajstić information content (AvgIpc) is 2.43. The van der Waals surface area contributed by atoms with Crippen molar-refractivity contribution in [3.63, 3.8) is 0 Å². The molecule has 2 heteroatoms. The average molecular weight is 306 g/mol. The van der Waals surface area contributed by atoms with Crippen molar-refractivity contribution in [1.29, 1.82) is 0 Å². The molecular weight excluding hydrogens is 272 g/mol. The molecule has 0 aromatic carbocycles. The first kappa shape index (κ1) is 17.6. The molecule has 0 saturated heterocycles. The summed E-state index contributed by atoms with van der Waals surface area (Å²) in [6, 6.07) is 0. The highest BCUT2D eigenvalue weighted by Crippen LogP contribution is 2.61. The topological polar surface area (TPSA) is 37.3 Å². The second-order valence-corrected chi connectivity index (χ2v) is 8.62. The molecule has 0 amide bonds. The van der Waals surface area contributed by atoms with Crippen molar-refractivity contribution >= 4 is 5.97 Å². The molecule has 0 spiro atoms. The number of hydrogen-bond donors (Lipinski definition) is 1. The van der Waals surface area contributed by atoms with Gasteiger partial charge in [-0.1, -0.05) is 39.3 Å². The molecule has 2 nitrogen and oxygen atoms in total. The van der Waals surface area contributed by atoms with Crippen LogP contribution in [0.3, 0.4) is 0 Å². The lowest BCUT2D eigenvalue weighted by molar-refractivity contribution is -0.138. The molecule has 2 aliphatic carbocycles. The number of carbonyl (C=O) groups is 1. The number of carboxylic acids is 1. The minimum atomic E-state index is -0.657. The number of hydrogen-bond acceptors (Lipinski definition) is 1. The number of rotatable bonds is 5. The molecular formula is C20H34O2. The Labute approximate surface area is 136 Å². The van der Waals surface area contributed by atoms with Crippen molar-refractivity contribution in [1.82, 2.24) is 0 Å².